The number of hydrogen-bond donors (Lipinski definition) is 1. The lowest BCUT2D eigenvalue weighted by atomic mass is 10.1. The van der Waals surface area contributed by atoms with Gasteiger partial charge in [0.1, 0.15) is 0 Å². The number of carbonyl (C=O) groups is 1. The van der Waals surface area contributed by atoms with Crippen molar-refractivity contribution in [2.45, 2.75) is 13.5 Å². The lowest BCUT2D eigenvalue weighted by Crippen LogP contribution is -1.95. The van der Waals surface area contributed by atoms with Crippen LogP contribution in [0.3, 0.4) is 0 Å². The average molecular weight is 221 g/mol. The summed E-state index contributed by atoms with van der Waals surface area (Å²) in [5.74, 6) is 0.724. The summed E-state index contributed by atoms with van der Waals surface area (Å²) in [5, 5.41) is 0.148. The minimum atomic E-state index is 0.148. The molecule has 0 spiro atoms. The van der Waals surface area contributed by atoms with Crippen molar-refractivity contribution in [3.63, 3.8) is 0 Å². The Balaban J connectivity index is 2.52. The Labute approximate surface area is 94.6 Å². The molecule has 0 heterocycles. The fourth-order valence-corrected chi connectivity index (χ4v) is 1.60. The summed E-state index contributed by atoms with van der Waals surface area (Å²) < 4.78 is 0. The second kappa shape index (κ2) is 6.43. The summed E-state index contributed by atoms with van der Waals surface area (Å²) in [4.78, 5) is 10.7. The van der Waals surface area contributed by atoms with Gasteiger partial charge in [-0.1, -0.05) is 48.2 Å². The van der Waals surface area contributed by atoms with Crippen LogP contribution in [0.4, 0.5) is 0 Å². The SMILES string of the molecule is CC(=O)SCC=Cc1cccc(CN)c1. The van der Waals surface area contributed by atoms with E-state index in [0.29, 0.717) is 6.54 Å². The molecule has 0 unspecified atom stereocenters. The molecule has 2 N–H and O–H groups in total. The molecule has 80 valence electrons. The highest BCUT2D eigenvalue weighted by molar-refractivity contribution is 8.13. The van der Waals surface area contributed by atoms with E-state index in [9.17, 15) is 4.79 Å². The topological polar surface area (TPSA) is 43.1 Å². The standard InChI is InChI=1S/C12H15NOS/c1-10(14)15-7-3-6-11-4-2-5-12(8-11)9-13/h2-6,8H,7,9,13H2,1H3. The summed E-state index contributed by atoms with van der Waals surface area (Å²) in [5.41, 5.74) is 7.79. The van der Waals surface area contributed by atoms with Crippen molar-refractivity contribution in [2.24, 2.45) is 5.73 Å². The van der Waals surface area contributed by atoms with E-state index in [-0.39, 0.29) is 5.12 Å². The van der Waals surface area contributed by atoms with Crippen LogP contribution in [0, 0.1) is 0 Å². The van der Waals surface area contributed by atoms with E-state index in [0.717, 1.165) is 16.9 Å². The summed E-state index contributed by atoms with van der Waals surface area (Å²) in [6.45, 7) is 2.14. The Bertz CT molecular complexity index is 360. The van der Waals surface area contributed by atoms with Gasteiger partial charge >= 0.3 is 0 Å². The molecule has 0 saturated heterocycles. The van der Waals surface area contributed by atoms with Crippen LogP contribution in [0.25, 0.3) is 6.08 Å². The van der Waals surface area contributed by atoms with E-state index in [1.807, 2.05) is 30.4 Å². The minimum absolute atomic E-state index is 0.148. The minimum Gasteiger partial charge on any atom is -0.326 e. The molecule has 15 heavy (non-hydrogen) atoms. The fraction of sp³-hybridized carbons (Fsp3) is 0.250. The maximum atomic E-state index is 10.7. The van der Waals surface area contributed by atoms with Crippen molar-refractivity contribution in [1.29, 1.82) is 0 Å². The monoisotopic (exact) mass is 221 g/mol. The molecule has 0 saturated carbocycles. The molecule has 0 radical (unpaired) electrons. The van der Waals surface area contributed by atoms with E-state index in [1.54, 1.807) is 6.92 Å². The van der Waals surface area contributed by atoms with Crippen LogP contribution in [0.5, 0.6) is 0 Å². The molecular formula is C12H15NOS. The van der Waals surface area contributed by atoms with Crippen LogP contribution in [-0.4, -0.2) is 10.9 Å². The molecule has 0 amide bonds. The van der Waals surface area contributed by atoms with Gasteiger partial charge in [0.05, 0.1) is 0 Å². The predicted octanol–water partition coefficient (Wildman–Crippen LogP) is 2.44. The fourth-order valence-electron chi connectivity index (χ4n) is 1.17. The summed E-state index contributed by atoms with van der Waals surface area (Å²) in [6, 6.07) is 8.06. The summed E-state index contributed by atoms with van der Waals surface area (Å²) >= 11 is 1.31. The summed E-state index contributed by atoms with van der Waals surface area (Å²) in [6.07, 6.45) is 4.00. The molecule has 0 aromatic heterocycles. The molecule has 1 aromatic carbocycles. The van der Waals surface area contributed by atoms with Crippen molar-refractivity contribution < 1.29 is 4.79 Å². The first kappa shape index (κ1) is 12.0. The van der Waals surface area contributed by atoms with Gasteiger partial charge in [-0.25, -0.2) is 0 Å². The van der Waals surface area contributed by atoms with Crippen LogP contribution in [0.1, 0.15) is 18.1 Å². The van der Waals surface area contributed by atoms with Gasteiger partial charge in [-0.2, -0.15) is 0 Å². The van der Waals surface area contributed by atoms with E-state index in [2.05, 4.69) is 6.07 Å². The zero-order valence-electron chi connectivity index (χ0n) is 8.77. The average Bonchev–Trinajstić information content (AvgIpc) is 2.24. The normalized spacial score (nSPS) is 10.8. The zero-order chi connectivity index (χ0) is 11.1. The van der Waals surface area contributed by atoms with Crippen LogP contribution >= 0.6 is 11.8 Å². The Kier molecular flexibility index (Phi) is 5.15. The quantitative estimate of drug-likeness (QED) is 0.849. The van der Waals surface area contributed by atoms with Gasteiger partial charge in [0.2, 0.25) is 0 Å². The van der Waals surface area contributed by atoms with Crippen LogP contribution in [0.2, 0.25) is 0 Å². The first-order valence-corrected chi connectivity index (χ1v) is 5.80. The molecule has 1 aromatic rings. The second-order valence-corrected chi connectivity index (χ2v) is 4.35. The van der Waals surface area contributed by atoms with Gasteiger partial charge in [0.15, 0.2) is 5.12 Å². The molecule has 0 atom stereocenters. The smallest absolute Gasteiger partial charge is 0.186 e. The van der Waals surface area contributed by atoms with E-state index in [4.69, 9.17) is 5.73 Å². The highest BCUT2D eigenvalue weighted by Crippen LogP contribution is 2.08. The van der Waals surface area contributed by atoms with Crippen LogP contribution < -0.4 is 5.73 Å². The van der Waals surface area contributed by atoms with Crippen molar-refractivity contribution >= 4 is 23.0 Å². The Morgan fingerprint density at radius 2 is 2.33 bits per heavy atom. The number of carbonyl (C=O) groups excluding carboxylic acids is 1. The Hall–Kier alpha value is -1.06. The van der Waals surface area contributed by atoms with E-state index >= 15 is 0 Å². The molecule has 3 heteroatoms. The number of benzene rings is 1. The van der Waals surface area contributed by atoms with Crippen LogP contribution in [0.15, 0.2) is 30.3 Å². The second-order valence-electron chi connectivity index (χ2n) is 3.15. The largest absolute Gasteiger partial charge is 0.326 e. The van der Waals surface area contributed by atoms with Crippen molar-refractivity contribution in [1.82, 2.24) is 0 Å². The van der Waals surface area contributed by atoms with Crippen molar-refractivity contribution in [2.75, 3.05) is 5.75 Å². The van der Waals surface area contributed by atoms with E-state index < -0.39 is 0 Å². The molecule has 0 fully saturated rings. The maximum absolute atomic E-state index is 10.7. The first-order valence-electron chi connectivity index (χ1n) is 4.81. The number of hydrogen-bond acceptors (Lipinski definition) is 3. The molecule has 0 aliphatic carbocycles. The van der Waals surface area contributed by atoms with Gasteiger partial charge in [-0.05, 0) is 11.1 Å². The number of thioether (sulfide) groups is 1. The lowest BCUT2D eigenvalue weighted by molar-refractivity contribution is -0.109. The molecular weight excluding hydrogens is 206 g/mol. The van der Waals surface area contributed by atoms with Gasteiger partial charge in [-0.15, -0.1) is 0 Å². The highest BCUT2D eigenvalue weighted by atomic mass is 32.2. The Morgan fingerprint density at radius 1 is 1.53 bits per heavy atom. The third-order valence-corrected chi connectivity index (χ3v) is 2.65. The lowest BCUT2D eigenvalue weighted by Gasteiger charge is -1.98. The van der Waals surface area contributed by atoms with Crippen LogP contribution in [-0.2, 0) is 11.3 Å². The number of rotatable bonds is 4. The van der Waals surface area contributed by atoms with Gasteiger partial charge in [-0.3, -0.25) is 4.79 Å². The third-order valence-electron chi connectivity index (χ3n) is 1.88. The summed E-state index contributed by atoms with van der Waals surface area (Å²) in [7, 11) is 0. The van der Waals surface area contributed by atoms with Crippen molar-refractivity contribution in [3.05, 3.63) is 41.5 Å². The molecule has 0 aliphatic heterocycles. The molecule has 1 rings (SSSR count). The first-order chi connectivity index (χ1) is 7.22. The Morgan fingerprint density at radius 3 is 3.00 bits per heavy atom. The predicted molar refractivity (Wildman–Crippen MR) is 66.5 cm³/mol. The van der Waals surface area contributed by atoms with Crippen molar-refractivity contribution in [3.8, 4) is 0 Å². The van der Waals surface area contributed by atoms with E-state index in [1.165, 1.54) is 11.8 Å². The third kappa shape index (κ3) is 4.81. The molecule has 0 aliphatic rings. The van der Waals surface area contributed by atoms with Gasteiger partial charge < -0.3 is 5.73 Å². The van der Waals surface area contributed by atoms with Gasteiger partial charge in [0, 0.05) is 19.2 Å². The maximum Gasteiger partial charge on any atom is 0.186 e. The molecule has 2 nitrogen and oxygen atoms in total. The highest BCUT2D eigenvalue weighted by Gasteiger charge is 1.91. The number of nitrogens with two attached hydrogens (primary N) is 1. The van der Waals surface area contributed by atoms with Gasteiger partial charge in [0.25, 0.3) is 0 Å². The zero-order valence-corrected chi connectivity index (χ0v) is 9.59. The molecule has 0 bridgehead atoms.